The summed E-state index contributed by atoms with van der Waals surface area (Å²) in [6.45, 7) is 2.18. The van der Waals surface area contributed by atoms with Crippen molar-refractivity contribution in [2.24, 2.45) is 5.73 Å². The number of nitrogens with zero attached hydrogens (tertiary/aromatic N) is 4. The molecule has 1 saturated heterocycles. The van der Waals surface area contributed by atoms with Crippen LogP contribution in [0.3, 0.4) is 0 Å². The fourth-order valence-corrected chi connectivity index (χ4v) is 2.97. The Morgan fingerprint density at radius 1 is 1.14 bits per heavy atom. The second kappa shape index (κ2) is 4.80. The smallest absolute Gasteiger partial charge is 0.259 e. The van der Waals surface area contributed by atoms with E-state index in [1.54, 1.807) is 6.20 Å². The van der Waals surface area contributed by atoms with Gasteiger partial charge < -0.3 is 15.2 Å². The average Bonchev–Trinajstić information content (AvgIpc) is 3.16. The molecule has 0 atom stereocenters. The lowest BCUT2D eigenvalue weighted by molar-refractivity contribution is 0.229. The largest absolute Gasteiger partial charge is 0.357 e. The van der Waals surface area contributed by atoms with Crippen molar-refractivity contribution in [2.75, 3.05) is 18.0 Å². The molecule has 3 heterocycles. The normalized spacial score (nSPS) is 20.5. The van der Waals surface area contributed by atoms with Gasteiger partial charge in [-0.25, -0.2) is 4.98 Å². The van der Waals surface area contributed by atoms with Gasteiger partial charge in [0.15, 0.2) is 5.82 Å². The molecule has 0 bridgehead atoms. The molecule has 2 aliphatic rings. The first-order valence-electron chi connectivity index (χ1n) is 7.59. The van der Waals surface area contributed by atoms with Gasteiger partial charge in [0, 0.05) is 19.3 Å². The Morgan fingerprint density at radius 2 is 1.95 bits per heavy atom. The van der Waals surface area contributed by atoms with E-state index in [9.17, 15) is 0 Å². The van der Waals surface area contributed by atoms with Crippen LogP contribution < -0.4 is 10.6 Å². The van der Waals surface area contributed by atoms with Crippen molar-refractivity contribution in [1.82, 2.24) is 15.1 Å². The summed E-state index contributed by atoms with van der Waals surface area (Å²) < 4.78 is 5.34. The molecule has 1 aliphatic heterocycles. The van der Waals surface area contributed by atoms with Crippen molar-refractivity contribution in [3.05, 3.63) is 24.2 Å². The summed E-state index contributed by atoms with van der Waals surface area (Å²) in [5, 5.41) is 4.04. The summed E-state index contributed by atoms with van der Waals surface area (Å²) in [6, 6.07) is 4.01. The van der Waals surface area contributed by atoms with Gasteiger partial charge in [-0.2, -0.15) is 4.98 Å². The molecule has 6 nitrogen and oxygen atoms in total. The van der Waals surface area contributed by atoms with Gasteiger partial charge in [0.25, 0.3) is 5.89 Å². The average molecular weight is 285 g/mol. The van der Waals surface area contributed by atoms with E-state index in [2.05, 4.69) is 20.0 Å². The first-order valence-corrected chi connectivity index (χ1v) is 7.59. The molecular weight excluding hydrogens is 266 g/mol. The van der Waals surface area contributed by atoms with Crippen molar-refractivity contribution < 1.29 is 4.52 Å². The molecule has 0 aromatic carbocycles. The van der Waals surface area contributed by atoms with Crippen molar-refractivity contribution in [1.29, 1.82) is 0 Å². The van der Waals surface area contributed by atoms with Crippen LogP contribution in [0.2, 0.25) is 0 Å². The Balaban J connectivity index is 1.56. The third-order valence-electron chi connectivity index (χ3n) is 4.54. The molecule has 2 aromatic rings. The number of rotatable bonds is 3. The summed E-state index contributed by atoms with van der Waals surface area (Å²) in [4.78, 5) is 11.3. The SMILES string of the molecule is NC1(c2noc(-c3ccc(N4CCCC4)nc3)n2)CCC1. The number of nitrogens with two attached hydrogens (primary N) is 1. The Kier molecular flexibility index (Phi) is 2.92. The van der Waals surface area contributed by atoms with Gasteiger partial charge in [-0.05, 0) is 44.2 Å². The molecule has 1 saturated carbocycles. The van der Waals surface area contributed by atoms with Crippen LogP contribution >= 0.6 is 0 Å². The molecular formula is C15H19N5O. The highest BCUT2D eigenvalue weighted by molar-refractivity contribution is 5.55. The number of hydrogen-bond donors (Lipinski definition) is 1. The van der Waals surface area contributed by atoms with Crippen molar-refractivity contribution in [3.63, 3.8) is 0 Å². The minimum Gasteiger partial charge on any atom is -0.357 e. The predicted molar refractivity (Wildman–Crippen MR) is 78.7 cm³/mol. The first-order chi connectivity index (χ1) is 10.2. The van der Waals surface area contributed by atoms with Gasteiger partial charge in [-0.1, -0.05) is 5.16 Å². The Hall–Kier alpha value is -1.95. The van der Waals surface area contributed by atoms with E-state index in [0.717, 1.165) is 43.7 Å². The van der Waals surface area contributed by atoms with E-state index >= 15 is 0 Å². The maximum atomic E-state index is 6.22. The lowest BCUT2D eigenvalue weighted by atomic mass is 9.77. The van der Waals surface area contributed by atoms with Crippen molar-refractivity contribution >= 4 is 5.82 Å². The molecule has 0 amide bonds. The summed E-state index contributed by atoms with van der Waals surface area (Å²) in [6.07, 6.45) is 7.28. The third-order valence-corrected chi connectivity index (χ3v) is 4.54. The summed E-state index contributed by atoms with van der Waals surface area (Å²) in [5.41, 5.74) is 6.68. The number of aromatic nitrogens is 3. The molecule has 0 radical (unpaired) electrons. The topological polar surface area (TPSA) is 81.1 Å². The van der Waals surface area contributed by atoms with Crippen LogP contribution in [0.5, 0.6) is 0 Å². The fraction of sp³-hybridized carbons (Fsp3) is 0.533. The second-order valence-electron chi connectivity index (χ2n) is 6.03. The monoisotopic (exact) mass is 285 g/mol. The molecule has 1 aliphatic carbocycles. The first kappa shape index (κ1) is 12.8. The highest BCUT2D eigenvalue weighted by Crippen LogP contribution is 2.37. The van der Waals surface area contributed by atoms with Gasteiger partial charge >= 0.3 is 0 Å². The summed E-state index contributed by atoms with van der Waals surface area (Å²) in [7, 11) is 0. The minimum absolute atomic E-state index is 0.384. The van der Waals surface area contributed by atoms with E-state index in [1.807, 2.05) is 12.1 Å². The van der Waals surface area contributed by atoms with Crippen LogP contribution in [-0.2, 0) is 5.54 Å². The highest BCUT2D eigenvalue weighted by Gasteiger charge is 2.39. The summed E-state index contributed by atoms with van der Waals surface area (Å²) >= 11 is 0. The van der Waals surface area contributed by atoms with Crippen LogP contribution in [0.25, 0.3) is 11.5 Å². The van der Waals surface area contributed by atoms with Crippen LogP contribution in [-0.4, -0.2) is 28.2 Å². The molecule has 6 heteroatoms. The molecule has 0 spiro atoms. The van der Waals surface area contributed by atoms with E-state index in [1.165, 1.54) is 12.8 Å². The van der Waals surface area contributed by atoms with Gasteiger partial charge in [0.05, 0.1) is 11.1 Å². The quantitative estimate of drug-likeness (QED) is 0.929. The van der Waals surface area contributed by atoms with Crippen molar-refractivity contribution in [2.45, 2.75) is 37.6 Å². The van der Waals surface area contributed by atoms with E-state index < -0.39 is 0 Å². The Bertz CT molecular complexity index is 626. The number of pyridine rings is 1. The van der Waals surface area contributed by atoms with Crippen LogP contribution in [0.1, 0.15) is 37.9 Å². The van der Waals surface area contributed by atoms with Gasteiger partial charge in [-0.15, -0.1) is 0 Å². The molecule has 110 valence electrons. The second-order valence-corrected chi connectivity index (χ2v) is 6.03. The predicted octanol–water partition coefficient (Wildman–Crippen LogP) is 2.07. The third kappa shape index (κ3) is 2.19. The minimum atomic E-state index is -0.384. The zero-order valence-electron chi connectivity index (χ0n) is 12.0. The maximum Gasteiger partial charge on any atom is 0.259 e. The summed E-state index contributed by atoms with van der Waals surface area (Å²) in [5.74, 6) is 2.14. The molecule has 2 fully saturated rings. The van der Waals surface area contributed by atoms with Gasteiger partial charge in [0.1, 0.15) is 5.82 Å². The molecule has 4 rings (SSSR count). The molecule has 0 unspecified atom stereocenters. The maximum absolute atomic E-state index is 6.22. The standard InChI is InChI=1S/C15H19N5O/c16-15(6-3-7-15)14-18-13(21-19-14)11-4-5-12(17-10-11)20-8-1-2-9-20/h4-5,10H,1-3,6-9,16H2. The van der Waals surface area contributed by atoms with Gasteiger partial charge in [-0.3, -0.25) is 0 Å². The zero-order valence-corrected chi connectivity index (χ0v) is 12.0. The fourth-order valence-electron chi connectivity index (χ4n) is 2.97. The zero-order chi connectivity index (χ0) is 14.3. The van der Waals surface area contributed by atoms with Crippen LogP contribution in [0.4, 0.5) is 5.82 Å². The lowest BCUT2D eigenvalue weighted by Gasteiger charge is -2.34. The van der Waals surface area contributed by atoms with E-state index in [4.69, 9.17) is 10.3 Å². The number of anilines is 1. The molecule has 2 aromatic heterocycles. The van der Waals surface area contributed by atoms with Crippen molar-refractivity contribution in [3.8, 4) is 11.5 Å². The van der Waals surface area contributed by atoms with Crippen LogP contribution in [0, 0.1) is 0 Å². The highest BCUT2D eigenvalue weighted by atomic mass is 16.5. The molecule has 2 N–H and O–H groups in total. The lowest BCUT2D eigenvalue weighted by Crippen LogP contribution is -2.44. The molecule has 21 heavy (non-hydrogen) atoms. The Labute approximate surface area is 123 Å². The van der Waals surface area contributed by atoms with Gasteiger partial charge in [0.2, 0.25) is 0 Å². The van der Waals surface area contributed by atoms with Crippen LogP contribution in [0.15, 0.2) is 22.9 Å². The van der Waals surface area contributed by atoms with E-state index in [0.29, 0.717) is 11.7 Å². The van der Waals surface area contributed by atoms with E-state index in [-0.39, 0.29) is 5.54 Å². The number of hydrogen-bond acceptors (Lipinski definition) is 6. The Morgan fingerprint density at radius 3 is 2.57 bits per heavy atom.